The molecule has 0 radical (unpaired) electrons. The topological polar surface area (TPSA) is 59.6 Å². The zero-order valence-electron chi connectivity index (χ0n) is 13.4. The van der Waals surface area contributed by atoms with Gasteiger partial charge in [0, 0.05) is 32.5 Å². The number of ether oxygens (including phenoxy) is 2. The van der Waals surface area contributed by atoms with Crippen LogP contribution in [-0.2, 0) is 16.0 Å². The molecule has 1 aromatic rings. The molecule has 0 atom stereocenters. The van der Waals surface area contributed by atoms with Gasteiger partial charge in [-0.05, 0) is 44.9 Å². The van der Waals surface area contributed by atoms with E-state index in [1.165, 1.54) is 0 Å². The van der Waals surface area contributed by atoms with E-state index in [9.17, 15) is 4.79 Å². The van der Waals surface area contributed by atoms with Gasteiger partial charge in [0.1, 0.15) is 5.60 Å². The van der Waals surface area contributed by atoms with E-state index in [0.717, 1.165) is 30.8 Å². The molecule has 0 heterocycles. The van der Waals surface area contributed by atoms with E-state index in [4.69, 9.17) is 9.47 Å². The molecule has 2 N–H and O–H groups in total. The number of carbonyl (C=O) groups is 1. The minimum Gasteiger partial charge on any atom is -0.444 e. The lowest BCUT2D eigenvalue weighted by atomic mass is 10.2. The third kappa shape index (κ3) is 8.19. The van der Waals surface area contributed by atoms with Crippen molar-refractivity contribution < 1.29 is 14.3 Å². The smallest absolute Gasteiger partial charge is 0.407 e. The number of hydrogen-bond acceptors (Lipinski definition) is 4. The van der Waals surface area contributed by atoms with Gasteiger partial charge in [0.25, 0.3) is 0 Å². The zero-order valence-corrected chi connectivity index (χ0v) is 13.4. The molecular formula is C16H26N2O3. The van der Waals surface area contributed by atoms with Crippen molar-refractivity contribution in [1.29, 1.82) is 0 Å². The minimum absolute atomic E-state index is 0.402. The number of anilines is 1. The van der Waals surface area contributed by atoms with Crippen LogP contribution in [0.2, 0.25) is 0 Å². The fourth-order valence-electron chi connectivity index (χ4n) is 1.73. The Morgan fingerprint density at radius 3 is 2.71 bits per heavy atom. The lowest BCUT2D eigenvalue weighted by Crippen LogP contribution is -2.32. The molecule has 0 aliphatic heterocycles. The van der Waals surface area contributed by atoms with Crippen molar-refractivity contribution in [2.45, 2.75) is 39.3 Å². The molecule has 1 aromatic carbocycles. The predicted molar refractivity (Wildman–Crippen MR) is 84.5 cm³/mol. The van der Waals surface area contributed by atoms with Crippen molar-refractivity contribution in [3.8, 4) is 0 Å². The quantitative estimate of drug-likeness (QED) is 0.758. The van der Waals surface area contributed by atoms with Crippen LogP contribution >= 0.6 is 0 Å². The fraction of sp³-hybridized carbons (Fsp3) is 0.562. The number of hydrogen-bond donors (Lipinski definition) is 2. The molecule has 5 nitrogen and oxygen atoms in total. The van der Waals surface area contributed by atoms with Crippen LogP contribution < -0.4 is 10.6 Å². The Bertz CT molecular complexity index is 441. The second-order valence-corrected chi connectivity index (χ2v) is 5.83. The molecule has 0 bridgehead atoms. The first-order valence-corrected chi connectivity index (χ1v) is 7.19. The van der Waals surface area contributed by atoms with Gasteiger partial charge in [0.2, 0.25) is 0 Å². The lowest BCUT2D eigenvalue weighted by molar-refractivity contribution is 0.0523. The number of benzene rings is 1. The van der Waals surface area contributed by atoms with E-state index >= 15 is 0 Å². The van der Waals surface area contributed by atoms with E-state index in [0.29, 0.717) is 6.54 Å². The Balaban J connectivity index is 2.40. The van der Waals surface area contributed by atoms with Crippen molar-refractivity contribution in [3.05, 3.63) is 29.8 Å². The van der Waals surface area contributed by atoms with Gasteiger partial charge in [-0.25, -0.2) is 4.79 Å². The first-order valence-electron chi connectivity index (χ1n) is 7.19. The van der Waals surface area contributed by atoms with Gasteiger partial charge >= 0.3 is 6.09 Å². The van der Waals surface area contributed by atoms with Crippen LogP contribution in [0.4, 0.5) is 10.5 Å². The summed E-state index contributed by atoms with van der Waals surface area (Å²) in [6.07, 6.45) is 0.553. The summed E-state index contributed by atoms with van der Waals surface area (Å²) in [7, 11) is 1.70. The summed E-state index contributed by atoms with van der Waals surface area (Å²) in [6.45, 7) is 7.58. The molecule has 0 unspecified atom stereocenters. The van der Waals surface area contributed by atoms with E-state index in [1.54, 1.807) is 7.11 Å². The molecule has 0 aromatic heterocycles. The highest BCUT2D eigenvalue weighted by atomic mass is 16.6. The Hall–Kier alpha value is -1.75. The molecular weight excluding hydrogens is 268 g/mol. The average Bonchev–Trinajstić information content (AvgIpc) is 2.40. The molecule has 0 fully saturated rings. The Labute approximate surface area is 127 Å². The highest BCUT2D eigenvalue weighted by molar-refractivity contribution is 5.67. The van der Waals surface area contributed by atoms with E-state index in [-0.39, 0.29) is 0 Å². The van der Waals surface area contributed by atoms with E-state index in [2.05, 4.69) is 10.6 Å². The van der Waals surface area contributed by atoms with Gasteiger partial charge in [-0.1, -0.05) is 12.1 Å². The Kier molecular flexibility index (Phi) is 7.02. The molecule has 0 aliphatic carbocycles. The summed E-state index contributed by atoms with van der Waals surface area (Å²) in [5, 5.41) is 6.07. The third-order valence-corrected chi connectivity index (χ3v) is 2.62. The normalized spacial score (nSPS) is 11.0. The lowest BCUT2D eigenvalue weighted by Gasteiger charge is -2.19. The molecule has 21 heavy (non-hydrogen) atoms. The predicted octanol–water partition coefficient (Wildman–Crippen LogP) is 3.16. The fourth-order valence-corrected chi connectivity index (χ4v) is 1.73. The van der Waals surface area contributed by atoms with Crippen LogP contribution in [0.3, 0.4) is 0 Å². The minimum atomic E-state index is -0.477. The van der Waals surface area contributed by atoms with Gasteiger partial charge in [-0.2, -0.15) is 0 Å². The van der Waals surface area contributed by atoms with Gasteiger partial charge < -0.3 is 20.1 Å². The van der Waals surface area contributed by atoms with Crippen LogP contribution in [0.25, 0.3) is 0 Å². The largest absolute Gasteiger partial charge is 0.444 e. The van der Waals surface area contributed by atoms with Crippen molar-refractivity contribution in [1.82, 2.24) is 5.32 Å². The van der Waals surface area contributed by atoms with Gasteiger partial charge in [-0.3, -0.25) is 0 Å². The maximum Gasteiger partial charge on any atom is 0.407 e. The molecule has 0 saturated heterocycles. The first kappa shape index (κ1) is 17.3. The van der Waals surface area contributed by atoms with Crippen molar-refractivity contribution in [3.63, 3.8) is 0 Å². The highest BCUT2D eigenvalue weighted by Gasteiger charge is 2.15. The van der Waals surface area contributed by atoms with Gasteiger partial charge in [-0.15, -0.1) is 0 Å². The maximum atomic E-state index is 11.6. The number of carbonyl (C=O) groups excluding carboxylic acids is 1. The second kappa shape index (κ2) is 8.52. The molecule has 118 valence electrons. The summed E-state index contributed by atoms with van der Waals surface area (Å²) >= 11 is 0. The third-order valence-electron chi connectivity index (χ3n) is 2.62. The highest BCUT2D eigenvalue weighted by Crippen LogP contribution is 2.11. The first-order chi connectivity index (χ1) is 9.90. The van der Waals surface area contributed by atoms with Crippen LogP contribution in [-0.4, -0.2) is 32.0 Å². The maximum absolute atomic E-state index is 11.6. The summed E-state index contributed by atoms with van der Waals surface area (Å²) in [5.74, 6) is 0. The van der Waals surface area contributed by atoms with E-state index < -0.39 is 11.7 Å². The second-order valence-electron chi connectivity index (χ2n) is 5.83. The number of rotatable bonds is 7. The number of nitrogens with one attached hydrogen (secondary N) is 2. The van der Waals surface area contributed by atoms with Crippen LogP contribution in [0.15, 0.2) is 24.3 Å². The summed E-state index contributed by atoms with van der Waals surface area (Å²) < 4.78 is 10.2. The van der Waals surface area contributed by atoms with Crippen molar-refractivity contribution in [2.24, 2.45) is 0 Å². The molecule has 1 amide bonds. The Morgan fingerprint density at radius 1 is 1.29 bits per heavy atom. The van der Waals surface area contributed by atoms with Crippen LogP contribution in [0, 0.1) is 0 Å². The molecule has 5 heteroatoms. The van der Waals surface area contributed by atoms with Crippen molar-refractivity contribution in [2.75, 3.05) is 25.6 Å². The molecule has 0 spiro atoms. The number of methoxy groups -OCH3 is 1. The van der Waals surface area contributed by atoms with Crippen molar-refractivity contribution >= 4 is 11.8 Å². The van der Waals surface area contributed by atoms with Crippen LogP contribution in [0.5, 0.6) is 0 Å². The standard InChI is InChI=1S/C16H26N2O3/c1-16(2,3)21-15(19)18-12-13-7-5-8-14(11-13)17-9-6-10-20-4/h5,7-8,11,17H,6,9-10,12H2,1-4H3,(H,18,19). The summed E-state index contributed by atoms with van der Waals surface area (Å²) in [6, 6.07) is 7.95. The summed E-state index contributed by atoms with van der Waals surface area (Å²) in [4.78, 5) is 11.6. The number of amides is 1. The zero-order chi connectivity index (χ0) is 15.7. The average molecular weight is 294 g/mol. The van der Waals surface area contributed by atoms with Gasteiger partial charge in [0.05, 0.1) is 0 Å². The van der Waals surface area contributed by atoms with E-state index in [1.807, 2.05) is 45.0 Å². The monoisotopic (exact) mass is 294 g/mol. The Morgan fingerprint density at radius 2 is 2.05 bits per heavy atom. The van der Waals surface area contributed by atoms with Gasteiger partial charge in [0.15, 0.2) is 0 Å². The SMILES string of the molecule is COCCCNc1cccc(CNC(=O)OC(C)(C)C)c1. The molecule has 0 saturated carbocycles. The molecule has 0 aliphatic rings. The molecule has 1 rings (SSSR count). The number of alkyl carbamates (subject to hydrolysis) is 1. The van der Waals surface area contributed by atoms with Crippen LogP contribution in [0.1, 0.15) is 32.8 Å². The summed E-state index contributed by atoms with van der Waals surface area (Å²) in [5.41, 5.74) is 1.58.